The number of sulfonamides is 1. The summed E-state index contributed by atoms with van der Waals surface area (Å²) < 4.78 is 48.9. The zero-order chi connectivity index (χ0) is 12.6. The lowest BCUT2D eigenvalue weighted by Gasteiger charge is -2.03. The highest BCUT2D eigenvalue weighted by atomic mass is 32.2. The molecule has 0 fully saturated rings. The van der Waals surface area contributed by atoms with Crippen LogP contribution in [0.3, 0.4) is 0 Å². The molecule has 0 amide bonds. The highest BCUT2D eigenvalue weighted by Gasteiger charge is 2.21. The molecule has 1 aromatic heterocycles. The zero-order valence-electron chi connectivity index (χ0n) is 8.31. The summed E-state index contributed by atoms with van der Waals surface area (Å²) in [5, 5.41) is 10.7. The molecule has 17 heavy (non-hydrogen) atoms. The van der Waals surface area contributed by atoms with Gasteiger partial charge in [0.1, 0.15) is 4.90 Å². The second-order valence-electron chi connectivity index (χ2n) is 3.26. The van der Waals surface area contributed by atoms with Gasteiger partial charge >= 0.3 is 0 Å². The highest BCUT2D eigenvalue weighted by molar-refractivity contribution is 7.89. The Labute approximate surface area is 95.3 Å². The Morgan fingerprint density at radius 1 is 1.29 bits per heavy atom. The summed E-state index contributed by atoms with van der Waals surface area (Å²) in [4.78, 5) is -0.387. The maximum absolute atomic E-state index is 13.5. The topological polar surface area (TPSA) is 88.8 Å². The zero-order valence-corrected chi connectivity index (χ0v) is 9.13. The van der Waals surface area contributed by atoms with Crippen molar-refractivity contribution in [1.29, 1.82) is 0 Å². The second-order valence-corrected chi connectivity index (χ2v) is 4.79. The molecule has 90 valence electrons. The molecule has 0 bridgehead atoms. The molecular formula is C9H7F2N3O2S. The van der Waals surface area contributed by atoms with Gasteiger partial charge in [-0.05, 0) is 12.1 Å². The van der Waals surface area contributed by atoms with Crippen LogP contribution < -0.4 is 5.14 Å². The average molecular weight is 259 g/mol. The van der Waals surface area contributed by atoms with E-state index in [4.69, 9.17) is 5.14 Å². The van der Waals surface area contributed by atoms with Gasteiger partial charge in [0.2, 0.25) is 10.0 Å². The number of nitrogens with two attached hydrogens (primary N) is 1. The number of rotatable bonds is 2. The van der Waals surface area contributed by atoms with Crippen molar-refractivity contribution in [3.63, 3.8) is 0 Å². The van der Waals surface area contributed by atoms with E-state index in [1.54, 1.807) is 0 Å². The van der Waals surface area contributed by atoms with Gasteiger partial charge < -0.3 is 0 Å². The number of benzene rings is 1. The SMILES string of the molecule is NS(=O)(=O)c1cn[nH]c1-c1cccc(F)c1F. The Hall–Kier alpha value is -1.80. The van der Waals surface area contributed by atoms with Crippen molar-refractivity contribution in [2.24, 2.45) is 5.14 Å². The molecule has 0 saturated heterocycles. The van der Waals surface area contributed by atoms with Crippen LogP contribution in [0.4, 0.5) is 8.78 Å². The first-order valence-corrected chi connectivity index (χ1v) is 5.96. The minimum Gasteiger partial charge on any atom is -0.276 e. The smallest absolute Gasteiger partial charge is 0.241 e. The van der Waals surface area contributed by atoms with E-state index in [9.17, 15) is 17.2 Å². The van der Waals surface area contributed by atoms with Crippen molar-refractivity contribution in [1.82, 2.24) is 10.2 Å². The van der Waals surface area contributed by atoms with Gasteiger partial charge in [-0.15, -0.1) is 0 Å². The Kier molecular flexibility index (Phi) is 2.68. The fourth-order valence-electron chi connectivity index (χ4n) is 1.38. The third-order valence-electron chi connectivity index (χ3n) is 2.13. The van der Waals surface area contributed by atoms with Crippen LogP contribution in [-0.2, 0) is 10.0 Å². The highest BCUT2D eigenvalue weighted by Crippen LogP contribution is 2.27. The fourth-order valence-corrected chi connectivity index (χ4v) is 2.02. The average Bonchev–Trinajstić information content (AvgIpc) is 2.70. The summed E-state index contributed by atoms with van der Waals surface area (Å²) in [7, 11) is -4.05. The van der Waals surface area contributed by atoms with E-state index in [2.05, 4.69) is 10.2 Å². The van der Waals surface area contributed by atoms with E-state index in [1.807, 2.05) is 0 Å². The van der Waals surface area contributed by atoms with E-state index < -0.39 is 21.7 Å². The third kappa shape index (κ3) is 2.04. The van der Waals surface area contributed by atoms with Crippen LogP contribution >= 0.6 is 0 Å². The Bertz CT molecular complexity index is 667. The summed E-state index contributed by atoms with van der Waals surface area (Å²) in [6, 6.07) is 3.40. The number of aromatic amines is 1. The molecule has 5 nitrogen and oxygen atoms in total. The molecule has 1 aromatic carbocycles. The molecule has 2 rings (SSSR count). The number of nitrogens with one attached hydrogen (secondary N) is 1. The molecule has 1 heterocycles. The van der Waals surface area contributed by atoms with Crippen LogP contribution in [0, 0.1) is 11.6 Å². The number of halogens is 2. The van der Waals surface area contributed by atoms with Gasteiger partial charge in [0, 0.05) is 5.56 Å². The first kappa shape index (κ1) is 11.7. The summed E-state index contributed by atoms with van der Waals surface area (Å²) in [6.45, 7) is 0. The van der Waals surface area contributed by atoms with Crippen LogP contribution in [0.1, 0.15) is 0 Å². The quantitative estimate of drug-likeness (QED) is 0.843. The minimum absolute atomic E-state index is 0.176. The van der Waals surface area contributed by atoms with Gasteiger partial charge in [-0.25, -0.2) is 22.3 Å². The van der Waals surface area contributed by atoms with Gasteiger partial charge in [-0.3, -0.25) is 5.10 Å². The van der Waals surface area contributed by atoms with Crippen molar-refractivity contribution >= 4 is 10.0 Å². The van der Waals surface area contributed by atoms with Gasteiger partial charge in [-0.1, -0.05) is 6.07 Å². The Morgan fingerprint density at radius 2 is 2.00 bits per heavy atom. The standard InChI is InChI=1S/C9H7F2N3O2S/c10-6-3-1-2-5(8(6)11)9-7(4-13-14-9)17(12,15)16/h1-4H,(H,13,14)(H2,12,15,16). The van der Waals surface area contributed by atoms with Crippen LogP contribution in [-0.4, -0.2) is 18.6 Å². The second kappa shape index (κ2) is 3.90. The molecule has 8 heteroatoms. The largest absolute Gasteiger partial charge is 0.276 e. The van der Waals surface area contributed by atoms with Crippen molar-refractivity contribution < 1.29 is 17.2 Å². The molecule has 0 aliphatic carbocycles. The first-order chi connectivity index (χ1) is 7.91. The summed E-state index contributed by atoms with van der Waals surface area (Å²) in [6.07, 6.45) is 0.939. The lowest BCUT2D eigenvalue weighted by molar-refractivity contribution is 0.510. The predicted molar refractivity (Wildman–Crippen MR) is 55.3 cm³/mol. The van der Waals surface area contributed by atoms with Gasteiger partial charge in [0.05, 0.1) is 11.9 Å². The van der Waals surface area contributed by atoms with Crippen LogP contribution in [0.25, 0.3) is 11.3 Å². The summed E-state index contributed by atoms with van der Waals surface area (Å²) in [5.41, 5.74) is -0.420. The molecule has 0 aliphatic rings. The number of hydrogen-bond donors (Lipinski definition) is 2. The van der Waals surface area contributed by atoms with Crippen molar-refractivity contribution in [3.8, 4) is 11.3 Å². The van der Waals surface area contributed by atoms with E-state index in [1.165, 1.54) is 12.1 Å². The molecule has 2 aromatic rings. The normalized spacial score (nSPS) is 11.7. The maximum atomic E-state index is 13.5. The number of hydrogen-bond acceptors (Lipinski definition) is 3. The monoisotopic (exact) mass is 259 g/mol. The van der Waals surface area contributed by atoms with E-state index in [-0.39, 0.29) is 16.2 Å². The Balaban J connectivity index is 2.71. The Morgan fingerprint density at radius 3 is 2.65 bits per heavy atom. The lowest BCUT2D eigenvalue weighted by atomic mass is 10.1. The molecule has 0 atom stereocenters. The van der Waals surface area contributed by atoms with Gasteiger partial charge in [0.15, 0.2) is 11.6 Å². The molecule has 3 N–H and O–H groups in total. The summed E-state index contributed by atoms with van der Waals surface area (Å²) in [5.74, 6) is -2.25. The number of nitrogens with zero attached hydrogens (tertiary/aromatic N) is 1. The molecule has 0 aliphatic heterocycles. The maximum Gasteiger partial charge on any atom is 0.241 e. The van der Waals surface area contributed by atoms with Crippen LogP contribution in [0.15, 0.2) is 29.3 Å². The molecular weight excluding hydrogens is 252 g/mol. The van der Waals surface area contributed by atoms with E-state index >= 15 is 0 Å². The predicted octanol–water partition coefficient (Wildman–Crippen LogP) is 1.00. The van der Waals surface area contributed by atoms with Crippen molar-refractivity contribution in [3.05, 3.63) is 36.0 Å². The van der Waals surface area contributed by atoms with Gasteiger partial charge in [-0.2, -0.15) is 5.10 Å². The number of aromatic nitrogens is 2. The van der Waals surface area contributed by atoms with Gasteiger partial charge in [0.25, 0.3) is 0 Å². The van der Waals surface area contributed by atoms with E-state index in [0.29, 0.717) is 0 Å². The summed E-state index contributed by atoms with van der Waals surface area (Å²) >= 11 is 0. The number of H-pyrrole nitrogens is 1. The number of primary sulfonamides is 1. The van der Waals surface area contributed by atoms with Crippen LogP contribution in [0.2, 0.25) is 0 Å². The lowest BCUT2D eigenvalue weighted by Crippen LogP contribution is -2.12. The van der Waals surface area contributed by atoms with E-state index in [0.717, 1.165) is 12.3 Å². The molecule has 0 unspecified atom stereocenters. The molecule has 0 spiro atoms. The van der Waals surface area contributed by atoms with Crippen molar-refractivity contribution in [2.75, 3.05) is 0 Å². The van der Waals surface area contributed by atoms with Crippen LogP contribution in [0.5, 0.6) is 0 Å². The molecule has 0 saturated carbocycles. The first-order valence-electron chi connectivity index (χ1n) is 4.42. The fraction of sp³-hybridized carbons (Fsp3) is 0. The minimum atomic E-state index is -4.05. The molecule has 0 radical (unpaired) electrons. The third-order valence-corrected chi connectivity index (χ3v) is 3.05. The van der Waals surface area contributed by atoms with Crippen molar-refractivity contribution in [2.45, 2.75) is 4.90 Å².